The molecule has 0 saturated carbocycles. The van der Waals surface area contributed by atoms with E-state index >= 15 is 0 Å². The van der Waals surface area contributed by atoms with E-state index in [-0.39, 0.29) is 0 Å². The summed E-state index contributed by atoms with van der Waals surface area (Å²) in [6.07, 6.45) is 0. The number of fused-ring (bicyclic) bond motifs is 12. The lowest BCUT2D eigenvalue weighted by atomic mass is 9.95. The maximum absolute atomic E-state index is 5.04. The van der Waals surface area contributed by atoms with Crippen LogP contribution in [0.25, 0.3) is 122 Å². The fourth-order valence-corrected chi connectivity index (χ4v) is 9.79. The van der Waals surface area contributed by atoms with Gasteiger partial charge in [0.15, 0.2) is 17.5 Å². The molecule has 60 heavy (non-hydrogen) atoms. The molecule has 0 atom stereocenters. The van der Waals surface area contributed by atoms with Crippen LogP contribution in [-0.2, 0) is 0 Å². The van der Waals surface area contributed by atoms with E-state index in [1.165, 1.54) is 71.1 Å². The topological polar surface area (TPSA) is 48.5 Å². The molecule has 0 bridgehead atoms. The third-order valence-corrected chi connectivity index (χ3v) is 12.3. The molecule has 3 heterocycles. The van der Waals surface area contributed by atoms with E-state index in [0.29, 0.717) is 17.5 Å². The quantitative estimate of drug-likeness (QED) is 0.175. The van der Waals surface area contributed by atoms with Crippen LogP contribution in [0.3, 0.4) is 0 Å². The van der Waals surface area contributed by atoms with Gasteiger partial charge in [-0.1, -0.05) is 152 Å². The molecule has 3 aromatic heterocycles. The fourth-order valence-electron chi connectivity index (χ4n) is 9.79. The lowest BCUT2D eigenvalue weighted by Gasteiger charge is -2.16. The Hall–Kier alpha value is -8.15. The normalized spacial score (nSPS) is 12.0. The number of para-hydroxylation sites is 3. The van der Waals surface area contributed by atoms with Gasteiger partial charge in [-0.25, -0.2) is 15.0 Å². The van der Waals surface area contributed by atoms with Crippen molar-refractivity contribution in [2.75, 3.05) is 0 Å². The summed E-state index contributed by atoms with van der Waals surface area (Å²) in [5.41, 5.74) is 14.9. The first-order chi connectivity index (χ1) is 29.8. The average molecular weight is 764 g/mol. The van der Waals surface area contributed by atoms with Gasteiger partial charge >= 0.3 is 0 Å². The van der Waals surface area contributed by atoms with Crippen LogP contribution in [-0.4, -0.2) is 24.1 Å². The smallest absolute Gasteiger partial charge is 0.164 e. The average Bonchev–Trinajstić information content (AvgIpc) is 3.97. The van der Waals surface area contributed by atoms with E-state index in [2.05, 4.69) is 149 Å². The van der Waals surface area contributed by atoms with Gasteiger partial charge < -0.3 is 9.13 Å². The summed E-state index contributed by atoms with van der Waals surface area (Å²) >= 11 is 0. The Morgan fingerprint density at radius 2 is 0.700 bits per heavy atom. The SMILES string of the molecule is c1ccc(-c2nc(-c3ccccc3)nc(-c3ccc(-n4c5ccccc5c5c6c7ccccc7n(-c7ccccc7)c6c6c(c54)-c4cccc5cccc-6c45)cc3)n2)cc1. The molecule has 0 N–H and O–H groups in total. The van der Waals surface area contributed by atoms with Crippen molar-refractivity contribution in [1.29, 1.82) is 0 Å². The van der Waals surface area contributed by atoms with Crippen molar-refractivity contribution in [1.82, 2.24) is 24.1 Å². The summed E-state index contributed by atoms with van der Waals surface area (Å²) in [5, 5.41) is 7.55. The summed E-state index contributed by atoms with van der Waals surface area (Å²) in [6.45, 7) is 0. The van der Waals surface area contributed by atoms with Crippen molar-refractivity contribution < 1.29 is 0 Å². The number of hydrogen-bond donors (Lipinski definition) is 0. The molecule has 5 nitrogen and oxygen atoms in total. The summed E-state index contributed by atoms with van der Waals surface area (Å²) in [4.78, 5) is 15.0. The van der Waals surface area contributed by atoms with E-state index in [9.17, 15) is 0 Å². The highest BCUT2D eigenvalue weighted by molar-refractivity contribution is 6.38. The molecule has 13 rings (SSSR count). The molecule has 0 aliphatic heterocycles. The van der Waals surface area contributed by atoms with E-state index < -0.39 is 0 Å². The third-order valence-electron chi connectivity index (χ3n) is 12.3. The lowest BCUT2D eigenvalue weighted by Crippen LogP contribution is -2.01. The zero-order valence-electron chi connectivity index (χ0n) is 32.3. The molecule has 1 aliphatic rings. The Balaban J connectivity index is 1.12. The van der Waals surface area contributed by atoms with E-state index in [1.54, 1.807) is 0 Å². The van der Waals surface area contributed by atoms with E-state index in [4.69, 9.17) is 15.0 Å². The molecule has 5 heteroatoms. The Morgan fingerprint density at radius 3 is 1.18 bits per heavy atom. The van der Waals surface area contributed by atoms with E-state index in [0.717, 1.165) is 33.6 Å². The molecule has 0 amide bonds. The van der Waals surface area contributed by atoms with Crippen molar-refractivity contribution in [2.24, 2.45) is 0 Å². The van der Waals surface area contributed by atoms with Crippen LogP contribution in [0.2, 0.25) is 0 Å². The molecule has 1 aliphatic carbocycles. The first-order valence-electron chi connectivity index (χ1n) is 20.4. The monoisotopic (exact) mass is 763 g/mol. The Kier molecular flexibility index (Phi) is 6.95. The Labute approximate surface area is 345 Å². The van der Waals surface area contributed by atoms with Gasteiger partial charge in [0.25, 0.3) is 0 Å². The molecule has 0 unspecified atom stereocenters. The number of benzene rings is 9. The van der Waals surface area contributed by atoms with Crippen molar-refractivity contribution in [2.45, 2.75) is 0 Å². The molecule has 0 fully saturated rings. The van der Waals surface area contributed by atoms with Crippen molar-refractivity contribution >= 4 is 54.4 Å². The van der Waals surface area contributed by atoms with Crippen LogP contribution in [0.15, 0.2) is 200 Å². The predicted molar refractivity (Wildman–Crippen MR) is 247 cm³/mol. The molecular formula is C55H33N5. The third kappa shape index (κ3) is 4.66. The number of hydrogen-bond acceptors (Lipinski definition) is 3. The summed E-state index contributed by atoms with van der Waals surface area (Å²) in [7, 11) is 0. The van der Waals surface area contributed by atoms with Crippen LogP contribution in [0, 0.1) is 0 Å². The number of aromatic nitrogens is 5. The van der Waals surface area contributed by atoms with Gasteiger partial charge in [-0.2, -0.15) is 0 Å². The second-order valence-corrected chi connectivity index (χ2v) is 15.5. The Morgan fingerprint density at radius 1 is 0.300 bits per heavy atom. The lowest BCUT2D eigenvalue weighted by molar-refractivity contribution is 1.07. The molecule has 0 radical (unpaired) electrons. The van der Waals surface area contributed by atoms with Crippen molar-refractivity contribution in [3.8, 4) is 67.8 Å². The van der Waals surface area contributed by atoms with Crippen molar-refractivity contribution in [3.05, 3.63) is 200 Å². The van der Waals surface area contributed by atoms with Gasteiger partial charge in [0.1, 0.15) is 0 Å². The van der Waals surface area contributed by atoms with Gasteiger partial charge in [-0.3, -0.25) is 0 Å². The standard InChI is InChI=1S/C55H33N5/c1-4-16-35(17-5-1)53-56-54(36-18-6-2-7-19-36)58-55(57-53)37-30-32-39(33-31-37)60-45-29-13-11-25-41(45)48-47-40-24-10-12-28-44(40)59(38-22-8-3-9-23-38)51(47)49-42-26-14-20-34-21-15-27-43(46(34)42)50(49)52(48)60/h1-33H. The van der Waals surface area contributed by atoms with E-state index in [1.807, 2.05) is 60.7 Å². The van der Waals surface area contributed by atoms with Crippen molar-refractivity contribution in [3.63, 3.8) is 0 Å². The molecule has 0 spiro atoms. The molecule has 0 saturated heterocycles. The maximum Gasteiger partial charge on any atom is 0.164 e. The second-order valence-electron chi connectivity index (χ2n) is 15.5. The van der Waals surface area contributed by atoms with Crippen LogP contribution < -0.4 is 0 Å². The molecule has 278 valence electrons. The highest BCUT2D eigenvalue weighted by Crippen LogP contribution is 2.57. The zero-order valence-corrected chi connectivity index (χ0v) is 32.3. The number of rotatable bonds is 5. The van der Waals surface area contributed by atoms with Gasteiger partial charge in [0.2, 0.25) is 0 Å². The zero-order chi connectivity index (χ0) is 39.3. The highest BCUT2D eigenvalue weighted by Gasteiger charge is 2.33. The molecule has 12 aromatic rings. The van der Waals surface area contributed by atoms with Gasteiger partial charge in [0.05, 0.1) is 22.1 Å². The minimum atomic E-state index is 0.634. The van der Waals surface area contributed by atoms with Gasteiger partial charge in [0, 0.05) is 60.7 Å². The van der Waals surface area contributed by atoms with Crippen LogP contribution in [0.5, 0.6) is 0 Å². The van der Waals surface area contributed by atoms with Crippen LogP contribution in [0.1, 0.15) is 0 Å². The minimum Gasteiger partial charge on any atom is -0.309 e. The summed E-state index contributed by atoms with van der Waals surface area (Å²) < 4.78 is 4.99. The highest BCUT2D eigenvalue weighted by atomic mass is 15.0. The largest absolute Gasteiger partial charge is 0.309 e. The molecule has 9 aromatic carbocycles. The summed E-state index contributed by atoms with van der Waals surface area (Å²) in [6, 6.07) is 71.3. The fraction of sp³-hybridized carbons (Fsp3) is 0. The first-order valence-corrected chi connectivity index (χ1v) is 20.4. The van der Waals surface area contributed by atoms with Gasteiger partial charge in [-0.15, -0.1) is 0 Å². The van der Waals surface area contributed by atoms with Crippen LogP contribution >= 0.6 is 0 Å². The Bertz CT molecular complexity index is 3620. The number of nitrogens with zero attached hydrogens (tertiary/aromatic N) is 5. The van der Waals surface area contributed by atoms with Gasteiger partial charge in [-0.05, 0) is 70.4 Å². The summed E-state index contributed by atoms with van der Waals surface area (Å²) in [5.74, 6) is 1.93. The first kappa shape index (κ1) is 32.9. The maximum atomic E-state index is 5.04. The molecular weight excluding hydrogens is 731 g/mol. The second kappa shape index (κ2) is 12.7. The predicted octanol–water partition coefficient (Wildman–Crippen LogP) is 13.9. The van der Waals surface area contributed by atoms with Crippen LogP contribution in [0.4, 0.5) is 0 Å². The minimum absolute atomic E-state index is 0.634.